The van der Waals surface area contributed by atoms with Crippen LogP contribution in [-0.2, 0) is 4.74 Å². The molecule has 31 heavy (non-hydrogen) atoms. The lowest BCUT2D eigenvalue weighted by atomic mass is 9.95. The molecule has 5 rings (SSSR count). The fourth-order valence-corrected chi connectivity index (χ4v) is 4.31. The Bertz CT molecular complexity index is 1440. The Morgan fingerprint density at radius 3 is 2.13 bits per heavy atom. The van der Waals surface area contributed by atoms with Crippen molar-refractivity contribution in [2.45, 2.75) is 20.0 Å². The number of rotatable bonds is 4. The minimum Gasteiger partial charge on any atom is -0.457 e. The number of fused-ring (bicyclic) bond motifs is 2. The van der Waals surface area contributed by atoms with Crippen molar-refractivity contribution in [1.82, 2.24) is 0 Å². The van der Waals surface area contributed by atoms with E-state index in [4.69, 9.17) is 13.6 Å². The summed E-state index contributed by atoms with van der Waals surface area (Å²) in [6.45, 7) is 3.86. The summed E-state index contributed by atoms with van der Waals surface area (Å²) >= 11 is 0. The van der Waals surface area contributed by atoms with Crippen molar-refractivity contribution in [3.63, 3.8) is 0 Å². The van der Waals surface area contributed by atoms with Crippen LogP contribution < -0.4 is 5.63 Å². The van der Waals surface area contributed by atoms with E-state index in [2.05, 4.69) is 18.2 Å². The summed E-state index contributed by atoms with van der Waals surface area (Å²) in [6.07, 6.45) is -0.376. The topological polar surface area (TPSA) is 52.6 Å². The molecule has 0 N–H and O–H groups in total. The monoisotopic (exact) mass is 410 g/mol. The molecule has 0 spiro atoms. The molecule has 0 bridgehead atoms. The molecule has 2 aromatic heterocycles. The largest absolute Gasteiger partial charge is 0.457 e. The van der Waals surface area contributed by atoms with E-state index in [1.165, 1.54) is 6.07 Å². The number of furan rings is 1. The number of methoxy groups -OCH3 is 1. The van der Waals surface area contributed by atoms with Crippen LogP contribution in [0, 0.1) is 13.8 Å². The molecule has 3 aromatic carbocycles. The zero-order valence-electron chi connectivity index (χ0n) is 17.6. The average molecular weight is 410 g/mol. The third-order valence-corrected chi connectivity index (χ3v) is 5.79. The third kappa shape index (κ3) is 3.16. The van der Waals surface area contributed by atoms with Crippen molar-refractivity contribution in [2.24, 2.45) is 0 Å². The van der Waals surface area contributed by atoms with E-state index in [0.717, 1.165) is 44.3 Å². The smallest absolute Gasteiger partial charge is 0.336 e. The number of benzene rings is 3. The Morgan fingerprint density at radius 2 is 1.45 bits per heavy atom. The standard InChI is InChI=1S/C27H22O4/c1-16-14-22(28)30-24-17(2)25-21(15-20(16)24)23(18-10-6-4-7-11-18)27(31-25)26(29-3)19-12-8-5-9-13-19/h4-15,26H,1-3H3/t26-/m0/s1. The van der Waals surface area contributed by atoms with Gasteiger partial charge in [0.05, 0.1) is 0 Å². The molecular weight excluding hydrogens is 388 g/mol. The van der Waals surface area contributed by atoms with Crippen LogP contribution in [0.4, 0.5) is 0 Å². The lowest BCUT2D eigenvalue weighted by Crippen LogP contribution is -2.03. The van der Waals surface area contributed by atoms with E-state index in [-0.39, 0.29) is 11.7 Å². The normalized spacial score (nSPS) is 12.5. The molecule has 154 valence electrons. The van der Waals surface area contributed by atoms with Crippen molar-refractivity contribution in [2.75, 3.05) is 7.11 Å². The molecule has 1 atom stereocenters. The molecule has 4 heteroatoms. The van der Waals surface area contributed by atoms with Crippen LogP contribution in [0.15, 0.2) is 86.4 Å². The summed E-state index contributed by atoms with van der Waals surface area (Å²) in [6, 6.07) is 23.8. The number of aryl methyl sites for hydroxylation is 2. The van der Waals surface area contributed by atoms with Gasteiger partial charge in [-0.05, 0) is 36.6 Å². The van der Waals surface area contributed by atoms with E-state index < -0.39 is 0 Å². The van der Waals surface area contributed by atoms with Crippen molar-refractivity contribution >= 4 is 21.9 Å². The second-order valence-corrected chi connectivity index (χ2v) is 7.74. The van der Waals surface area contributed by atoms with Gasteiger partial charge in [0, 0.05) is 35.1 Å². The Kier molecular flexibility index (Phi) is 4.72. The molecule has 0 amide bonds. The van der Waals surface area contributed by atoms with E-state index in [1.54, 1.807) is 7.11 Å². The van der Waals surface area contributed by atoms with Gasteiger partial charge in [-0.3, -0.25) is 0 Å². The van der Waals surface area contributed by atoms with Gasteiger partial charge in [0.2, 0.25) is 0 Å². The van der Waals surface area contributed by atoms with Gasteiger partial charge < -0.3 is 13.6 Å². The highest BCUT2D eigenvalue weighted by Crippen LogP contribution is 2.44. The third-order valence-electron chi connectivity index (χ3n) is 5.79. The van der Waals surface area contributed by atoms with E-state index in [1.807, 2.05) is 62.4 Å². The molecule has 0 aliphatic carbocycles. The van der Waals surface area contributed by atoms with Crippen LogP contribution in [0.1, 0.15) is 28.6 Å². The highest BCUT2D eigenvalue weighted by Gasteiger charge is 2.27. The predicted molar refractivity (Wildman–Crippen MR) is 122 cm³/mol. The fourth-order valence-electron chi connectivity index (χ4n) is 4.31. The number of hydrogen-bond acceptors (Lipinski definition) is 4. The molecule has 0 unspecified atom stereocenters. The van der Waals surface area contributed by atoms with Crippen LogP contribution >= 0.6 is 0 Å². The zero-order chi connectivity index (χ0) is 21.5. The van der Waals surface area contributed by atoms with E-state index in [9.17, 15) is 4.79 Å². The second-order valence-electron chi connectivity index (χ2n) is 7.74. The van der Waals surface area contributed by atoms with E-state index >= 15 is 0 Å². The summed E-state index contributed by atoms with van der Waals surface area (Å²) in [5.74, 6) is 0.730. The highest BCUT2D eigenvalue weighted by atomic mass is 16.5. The van der Waals surface area contributed by atoms with Crippen LogP contribution in [-0.4, -0.2) is 7.11 Å². The van der Waals surface area contributed by atoms with Crippen LogP contribution in [0.5, 0.6) is 0 Å². The summed E-state index contributed by atoms with van der Waals surface area (Å²) in [7, 11) is 1.69. The molecule has 0 fully saturated rings. The van der Waals surface area contributed by atoms with Gasteiger partial charge in [-0.15, -0.1) is 0 Å². The molecule has 5 aromatic rings. The highest BCUT2D eigenvalue weighted by molar-refractivity contribution is 6.05. The van der Waals surface area contributed by atoms with Gasteiger partial charge in [-0.2, -0.15) is 0 Å². The minimum atomic E-state index is -0.376. The van der Waals surface area contributed by atoms with Crippen molar-refractivity contribution in [1.29, 1.82) is 0 Å². The maximum absolute atomic E-state index is 12.0. The van der Waals surface area contributed by atoms with Gasteiger partial charge >= 0.3 is 5.63 Å². The first kappa shape index (κ1) is 19.3. The molecule has 4 nitrogen and oxygen atoms in total. The molecule has 0 saturated heterocycles. The Balaban J connectivity index is 1.91. The van der Waals surface area contributed by atoms with Gasteiger partial charge in [0.25, 0.3) is 0 Å². The van der Waals surface area contributed by atoms with Crippen molar-refractivity contribution < 1.29 is 13.6 Å². The van der Waals surface area contributed by atoms with Crippen molar-refractivity contribution in [3.05, 3.63) is 106 Å². The quantitative estimate of drug-likeness (QED) is 0.315. The summed E-state index contributed by atoms with van der Waals surface area (Å²) in [5.41, 5.74) is 5.63. The summed E-state index contributed by atoms with van der Waals surface area (Å²) < 4.78 is 18.0. The van der Waals surface area contributed by atoms with Gasteiger partial charge in [-0.1, -0.05) is 60.7 Å². The van der Waals surface area contributed by atoms with E-state index in [0.29, 0.717) is 11.2 Å². The first-order chi connectivity index (χ1) is 15.1. The Labute approximate surface area is 179 Å². The minimum absolute atomic E-state index is 0.360. The summed E-state index contributed by atoms with van der Waals surface area (Å²) in [5, 5.41) is 1.88. The first-order valence-corrected chi connectivity index (χ1v) is 10.2. The lowest BCUT2D eigenvalue weighted by Gasteiger charge is -2.15. The van der Waals surface area contributed by atoms with Crippen LogP contribution in [0.3, 0.4) is 0 Å². The molecule has 0 aliphatic rings. The first-order valence-electron chi connectivity index (χ1n) is 10.2. The SMILES string of the molecule is CO[C@@H](c1ccccc1)c1oc2c(C)c3oc(=O)cc(C)c3cc2c1-c1ccccc1. The molecular formula is C27H22O4. The van der Waals surface area contributed by atoms with Gasteiger partial charge in [0.15, 0.2) is 0 Å². The maximum Gasteiger partial charge on any atom is 0.336 e. The maximum atomic E-state index is 12.0. The molecule has 0 saturated carbocycles. The molecule has 0 aliphatic heterocycles. The number of ether oxygens (including phenoxy) is 1. The Morgan fingerprint density at radius 1 is 0.806 bits per heavy atom. The average Bonchev–Trinajstić information content (AvgIpc) is 3.16. The van der Waals surface area contributed by atoms with Crippen LogP contribution in [0.25, 0.3) is 33.1 Å². The predicted octanol–water partition coefficient (Wildman–Crippen LogP) is 6.56. The van der Waals surface area contributed by atoms with Gasteiger partial charge in [0.1, 0.15) is 23.0 Å². The van der Waals surface area contributed by atoms with Crippen molar-refractivity contribution in [3.8, 4) is 11.1 Å². The lowest BCUT2D eigenvalue weighted by molar-refractivity contribution is 0.118. The zero-order valence-corrected chi connectivity index (χ0v) is 17.6. The molecule has 0 radical (unpaired) electrons. The van der Waals surface area contributed by atoms with Crippen LogP contribution in [0.2, 0.25) is 0 Å². The Hall–Kier alpha value is -3.63. The molecule has 2 heterocycles. The second kappa shape index (κ2) is 7.56. The summed E-state index contributed by atoms with van der Waals surface area (Å²) in [4.78, 5) is 12.0. The van der Waals surface area contributed by atoms with Gasteiger partial charge in [-0.25, -0.2) is 4.79 Å². The number of hydrogen-bond donors (Lipinski definition) is 0. The fraction of sp³-hybridized carbons (Fsp3) is 0.148.